The zero-order valence-corrected chi connectivity index (χ0v) is 13.9. The fourth-order valence-corrected chi connectivity index (χ4v) is 3.17. The molecule has 0 spiro atoms. The van der Waals surface area contributed by atoms with Crippen LogP contribution in [0, 0.1) is 6.92 Å². The Bertz CT molecular complexity index is 456. The van der Waals surface area contributed by atoms with Gasteiger partial charge in [-0.3, -0.25) is 0 Å². The van der Waals surface area contributed by atoms with Crippen molar-refractivity contribution in [2.75, 3.05) is 34.8 Å². The van der Waals surface area contributed by atoms with Gasteiger partial charge >= 0.3 is 5.97 Å². The van der Waals surface area contributed by atoms with E-state index in [-0.39, 0.29) is 5.97 Å². The summed E-state index contributed by atoms with van der Waals surface area (Å²) in [6.07, 6.45) is 0. The quantitative estimate of drug-likeness (QED) is 0.597. The fourth-order valence-electron chi connectivity index (χ4n) is 1.75. The number of hydrogen-bond donors (Lipinski definition) is 0. The molecule has 1 rings (SSSR count). The van der Waals surface area contributed by atoms with Gasteiger partial charge in [-0.05, 0) is 54.2 Å². The fraction of sp³-hybridized carbons (Fsp3) is 0.500. The molecule has 0 saturated carbocycles. The normalized spacial score (nSPS) is 11.2. The smallest absolute Gasteiger partial charge is 0.338 e. The van der Waals surface area contributed by atoms with Crippen LogP contribution in [0.25, 0.3) is 0 Å². The van der Waals surface area contributed by atoms with Gasteiger partial charge in [-0.25, -0.2) is 14.1 Å². The van der Waals surface area contributed by atoms with Crippen LogP contribution in [0.15, 0.2) is 18.2 Å². The summed E-state index contributed by atoms with van der Waals surface area (Å²) in [6.45, 7) is 4.04. The third-order valence-corrected chi connectivity index (χ3v) is 4.37. The highest BCUT2D eigenvalue weighted by Gasteiger charge is 2.20. The first-order valence-corrected chi connectivity index (χ1v) is 7.64. The summed E-state index contributed by atoms with van der Waals surface area (Å²) in [6, 6.07) is 5.45. The molecule has 1 aromatic carbocycles. The largest absolute Gasteiger partial charge is 0.462 e. The summed E-state index contributed by atoms with van der Waals surface area (Å²) in [7, 11) is 6.98. The number of esters is 1. The van der Waals surface area contributed by atoms with E-state index in [1.807, 2.05) is 56.6 Å². The lowest BCUT2D eigenvalue weighted by atomic mass is 10.1. The second kappa shape index (κ2) is 7.58. The zero-order valence-electron chi connectivity index (χ0n) is 13.0. The Kier molecular flexibility index (Phi) is 6.40. The number of benzene rings is 1. The number of hydrogen-bond acceptors (Lipinski definition) is 5. The second-order valence-electron chi connectivity index (χ2n) is 4.69. The predicted octanol–water partition coefficient (Wildman–Crippen LogP) is 2.90. The minimum atomic E-state index is -0.896. The average molecular weight is 298 g/mol. The van der Waals surface area contributed by atoms with Crippen molar-refractivity contribution in [2.24, 2.45) is 0 Å². The van der Waals surface area contributed by atoms with Crippen LogP contribution in [0.3, 0.4) is 0 Å². The van der Waals surface area contributed by atoms with Gasteiger partial charge in [0, 0.05) is 5.56 Å². The highest BCUT2D eigenvalue weighted by molar-refractivity contribution is 7.47. The molecule has 0 saturated heterocycles. The molecule has 0 aliphatic heterocycles. The van der Waals surface area contributed by atoms with Crippen molar-refractivity contribution >= 4 is 14.4 Å². The molecule has 0 unspecified atom stereocenters. The van der Waals surface area contributed by atoms with Gasteiger partial charge in [0.2, 0.25) is 8.45 Å². The van der Waals surface area contributed by atoms with Crippen molar-refractivity contribution < 1.29 is 14.1 Å². The van der Waals surface area contributed by atoms with E-state index >= 15 is 0 Å². The SMILES string of the molecule is CCOC(=O)c1cccc(OP(N(C)C)N(C)C)c1C. The topological polar surface area (TPSA) is 42.0 Å². The van der Waals surface area contributed by atoms with E-state index in [1.54, 1.807) is 13.0 Å². The maximum Gasteiger partial charge on any atom is 0.338 e. The third kappa shape index (κ3) is 4.17. The van der Waals surface area contributed by atoms with Crippen molar-refractivity contribution in [3.63, 3.8) is 0 Å². The lowest BCUT2D eigenvalue weighted by Crippen LogP contribution is -2.20. The Balaban J connectivity index is 3.02. The van der Waals surface area contributed by atoms with E-state index in [0.29, 0.717) is 17.9 Å². The minimum absolute atomic E-state index is 0.311. The molecule has 1 aromatic rings. The van der Waals surface area contributed by atoms with Crippen LogP contribution < -0.4 is 4.52 Å². The van der Waals surface area contributed by atoms with Crippen molar-refractivity contribution in [3.05, 3.63) is 29.3 Å². The van der Waals surface area contributed by atoms with Crippen LogP contribution in [-0.4, -0.2) is 50.1 Å². The lowest BCUT2D eigenvalue weighted by Gasteiger charge is -2.29. The first kappa shape index (κ1) is 16.9. The second-order valence-corrected chi connectivity index (χ2v) is 6.98. The number of carbonyl (C=O) groups excluding carboxylic acids is 1. The molecule has 112 valence electrons. The predicted molar refractivity (Wildman–Crippen MR) is 82.1 cm³/mol. The van der Waals surface area contributed by atoms with Gasteiger partial charge in [-0.15, -0.1) is 0 Å². The molecule has 20 heavy (non-hydrogen) atoms. The Hall–Kier alpha value is -1.16. The van der Waals surface area contributed by atoms with Gasteiger partial charge < -0.3 is 9.26 Å². The summed E-state index contributed by atoms with van der Waals surface area (Å²) in [5.41, 5.74) is 1.36. The highest BCUT2D eigenvalue weighted by Crippen LogP contribution is 2.43. The van der Waals surface area contributed by atoms with Crippen LogP contribution in [0.1, 0.15) is 22.8 Å². The van der Waals surface area contributed by atoms with Crippen molar-refractivity contribution in [3.8, 4) is 5.75 Å². The first-order chi connectivity index (χ1) is 9.38. The molecule has 0 heterocycles. The van der Waals surface area contributed by atoms with Gasteiger partial charge in [0.05, 0.1) is 12.2 Å². The summed E-state index contributed by atoms with van der Waals surface area (Å²) in [4.78, 5) is 11.9. The van der Waals surface area contributed by atoms with E-state index in [1.165, 1.54) is 0 Å². The molecule has 0 N–H and O–H groups in total. The molecule has 0 bridgehead atoms. The Morgan fingerprint density at radius 3 is 2.30 bits per heavy atom. The molecule has 5 nitrogen and oxygen atoms in total. The molecule has 0 aliphatic carbocycles. The van der Waals surface area contributed by atoms with Crippen molar-refractivity contribution in [2.45, 2.75) is 13.8 Å². The summed E-state index contributed by atoms with van der Waals surface area (Å²) in [5, 5.41) is 0. The van der Waals surface area contributed by atoms with Crippen molar-refractivity contribution in [1.29, 1.82) is 0 Å². The van der Waals surface area contributed by atoms with E-state index in [4.69, 9.17) is 9.26 Å². The number of rotatable bonds is 6. The van der Waals surface area contributed by atoms with E-state index < -0.39 is 8.45 Å². The van der Waals surface area contributed by atoms with Crippen LogP contribution >= 0.6 is 8.45 Å². The van der Waals surface area contributed by atoms with Crippen LogP contribution in [0.5, 0.6) is 5.75 Å². The van der Waals surface area contributed by atoms with Crippen LogP contribution in [-0.2, 0) is 4.74 Å². The molecular weight excluding hydrogens is 275 g/mol. The third-order valence-electron chi connectivity index (χ3n) is 2.64. The molecule has 0 radical (unpaired) electrons. The zero-order chi connectivity index (χ0) is 15.3. The molecule has 0 aliphatic rings. The number of nitrogens with zero attached hydrogens (tertiary/aromatic N) is 2. The minimum Gasteiger partial charge on any atom is -0.462 e. The summed E-state index contributed by atoms with van der Waals surface area (Å²) >= 11 is 0. The molecule has 6 heteroatoms. The Morgan fingerprint density at radius 1 is 1.20 bits per heavy atom. The number of ether oxygens (including phenoxy) is 1. The Morgan fingerprint density at radius 2 is 1.80 bits per heavy atom. The highest BCUT2D eigenvalue weighted by atomic mass is 31.2. The van der Waals surface area contributed by atoms with E-state index in [9.17, 15) is 4.79 Å². The maximum atomic E-state index is 11.9. The van der Waals surface area contributed by atoms with Gasteiger partial charge in [-0.2, -0.15) is 0 Å². The monoisotopic (exact) mass is 298 g/mol. The number of carbonyl (C=O) groups is 1. The molecule has 0 atom stereocenters. The van der Waals surface area contributed by atoms with E-state index in [0.717, 1.165) is 5.56 Å². The van der Waals surface area contributed by atoms with E-state index in [2.05, 4.69) is 0 Å². The van der Waals surface area contributed by atoms with Gasteiger partial charge in [0.1, 0.15) is 5.75 Å². The lowest BCUT2D eigenvalue weighted by molar-refractivity contribution is 0.0525. The van der Waals surface area contributed by atoms with Crippen molar-refractivity contribution in [1.82, 2.24) is 9.34 Å². The molecular formula is C14H23N2O3P. The Labute approximate surface area is 122 Å². The summed E-state index contributed by atoms with van der Waals surface area (Å²) < 4.78 is 15.1. The average Bonchev–Trinajstić information content (AvgIpc) is 2.36. The van der Waals surface area contributed by atoms with Gasteiger partial charge in [0.25, 0.3) is 0 Å². The van der Waals surface area contributed by atoms with Gasteiger partial charge in [0.15, 0.2) is 0 Å². The molecule has 0 fully saturated rings. The standard InChI is InChI=1S/C14H23N2O3P/c1-7-18-14(17)12-9-8-10-13(11(12)2)19-20(15(3)4)16(5)6/h8-10H,7H2,1-6H3. The molecule has 0 aromatic heterocycles. The van der Waals surface area contributed by atoms with Gasteiger partial charge in [-0.1, -0.05) is 6.07 Å². The first-order valence-electron chi connectivity index (χ1n) is 6.47. The maximum absolute atomic E-state index is 11.9. The molecule has 0 amide bonds. The van der Waals surface area contributed by atoms with Crippen LogP contribution in [0.2, 0.25) is 0 Å². The summed E-state index contributed by atoms with van der Waals surface area (Å²) in [5.74, 6) is 0.401. The van der Waals surface area contributed by atoms with Crippen LogP contribution in [0.4, 0.5) is 0 Å².